The number of hydrogen-bond donors (Lipinski definition) is 2. The summed E-state index contributed by atoms with van der Waals surface area (Å²) in [6.45, 7) is 5.71. The van der Waals surface area contributed by atoms with Gasteiger partial charge < -0.3 is 24.8 Å². The van der Waals surface area contributed by atoms with Gasteiger partial charge in [0, 0.05) is 39.1 Å². The Kier molecular flexibility index (Phi) is 7.85. The zero-order valence-corrected chi connectivity index (χ0v) is 19.0. The SMILES string of the molecule is CN=C(NCC1CCOc2ccccc21)NCC(c1ccc(OC)cc1)N1CCOCC1. The van der Waals surface area contributed by atoms with Crippen LogP contribution in [0.15, 0.2) is 53.5 Å². The number of nitrogens with one attached hydrogen (secondary N) is 2. The fraction of sp³-hybridized carbons (Fsp3) is 0.480. The molecule has 0 aliphatic carbocycles. The Bertz CT molecular complexity index is 881. The lowest BCUT2D eigenvalue weighted by Crippen LogP contribution is -2.47. The summed E-state index contributed by atoms with van der Waals surface area (Å²) in [4.78, 5) is 6.94. The molecule has 0 aromatic heterocycles. The van der Waals surface area contributed by atoms with E-state index in [-0.39, 0.29) is 6.04 Å². The van der Waals surface area contributed by atoms with E-state index in [1.54, 1.807) is 7.11 Å². The summed E-state index contributed by atoms with van der Waals surface area (Å²) in [7, 11) is 3.52. The molecule has 32 heavy (non-hydrogen) atoms. The number of morpholine rings is 1. The van der Waals surface area contributed by atoms with Gasteiger partial charge in [-0.3, -0.25) is 9.89 Å². The number of rotatable bonds is 7. The van der Waals surface area contributed by atoms with Crippen LogP contribution in [0.2, 0.25) is 0 Å². The summed E-state index contributed by atoms with van der Waals surface area (Å²) in [5.74, 6) is 3.10. The highest BCUT2D eigenvalue weighted by molar-refractivity contribution is 5.79. The van der Waals surface area contributed by atoms with Gasteiger partial charge in [0.2, 0.25) is 0 Å². The number of hydrogen-bond acceptors (Lipinski definition) is 5. The first-order valence-electron chi connectivity index (χ1n) is 11.4. The summed E-state index contributed by atoms with van der Waals surface area (Å²) < 4.78 is 16.7. The van der Waals surface area contributed by atoms with Crippen LogP contribution in [0.5, 0.6) is 11.5 Å². The van der Waals surface area contributed by atoms with E-state index in [1.165, 1.54) is 11.1 Å². The lowest BCUT2D eigenvalue weighted by molar-refractivity contribution is 0.0170. The molecule has 2 aliphatic heterocycles. The van der Waals surface area contributed by atoms with E-state index >= 15 is 0 Å². The average Bonchev–Trinajstić information content (AvgIpc) is 2.87. The number of aliphatic imine (C=N–C) groups is 1. The monoisotopic (exact) mass is 438 g/mol. The molecule has 2 unspecified atom stereocenters. The molecule has 172 valence electrons. The van der Waals surface area contributed by atoms with Gasteiger partial charge in [-0.2, -0.15) is 0 Å². The molecule has 2 aromatic rings. The Morgan fingerprint density at radius 3 is 2.62 bits per heavy atom. The van der Waals surface area contributed by atoms with E-state index in [1.807, 2.05) is 25.2 Å². The van der Waals surface area contributed by atoms with Crippen molar-refractivity contribution in [3.8, 4) is 11.5 Å². The van der Waals surface area contributed by atoms with Crippen molar-refractivity contribution in [3.05, 3.63) is 59.7 Å². The second kappa shape index (κ2) is 11.2. The molecular weight excluding hydrogens is 404 g/mol. The van der Waals surface area contributed by atoms with Crippen molar-refractivity contribution in [2.75, 3.05) is 60.2 Å². The standard InChI is InChI=1S/C25H34N4O3/c1-26-25(27-17-20-11-14-32-24-6-4-3-5-22(20)24)28-18-23(29-12-15-31-16-13-29)19-7-9-21(30-2)10-8-19/h3-10,20,23H,11-18H2,1-2H3,(H2,26,27,28). The van der Waals surface area contributed by atoms with Gasteiger partial charge in [-0.15, -0.1) is 0 Å². The number of benzene rings is 2. The first-order valence-corrected chi connectivity index (χ1v) is 11.4. The molecule has 0 spiro atoms. The number of fused-ring (bicyclic) bond motifs is 1. The fourth-order valence-corrected chi connectivity index (χ4v) is 4.43. The molecule has 1 saturated heterocycles. The maximum atomic E-state index is 5.80. The number of methoxy groups -OCH3 is 1. The molecule has 0 amide bonds. The van der Waals surface area contributed by atoms with Crippen molar-refractivity contribution in [2.45, 2.75) is 18.4 Å². The van der Waals surface area contributed by atoms with Crippen LogP contribution in [0.3, 0.4) is 0 Å². The second-order valence-electron chi connectivity index (χ2n) is 8.14. The van der Waals surface area contributed by atoms with Crippen LogP contribution in [-0.2, 0) is 4.74 Å². The molecule has 4 rings (SSSR count). The number of ether oxygens (including phenoxy) is 3. The Morgan fingerprint density at radius 1 is 1.09 bits per heavy atom. The summed E-state index contributed by atoms with van der Waals surface area (Å²) in [6, 6.07) is 16.9. The van der Waals surface area contributed by atoms with Crippen LogP contribution < -0.4 is 20.1 Å². The largest absolute Gasteiger partial charge is 0.497 e. The topological polar surface area (TPSA) is 67.4 Å². The minimum absolute atomic E-state index is 0.229. The van der Waals surface area contributed by atoms with E-state index in [2.05, 4.69) is 50.9 Å². The Morgan fingerprint density at radius 2 is 1.88 bits per heavy atom. The molecule has 0 saturated carbocycles. The zero-order chi connectivity index (χ0) is 22.2. The molecule has 7 heteroatoms. The quantitative estimate of drug-likeness (QED) is 0.512. The van der Waals surface area contributed by atoms with E-state index in [9.17, 15) is 0 Å². The predicted molar refractivity (Wildman–Crippen MR) is 127 cm³/mol. The second-order valence-corrected chi connectivity index (χ2v) is 8.14. The van der Waals surface area contributed by atoms with Crippen LogP contribution in [0.1, 0.15) is 29.5 Å². The summed E-state index contributed by atoms with van der Waals surface area (Å²) in [5.41, 5.74) is 2.53. The fourth-order valence-electron chi connectivity index (χ4n) is 4.43. The van der Waals surface area contributed by atoms with Crippen molar-refractivity contribution >= 4 is 5.96 Å². The molecule has 2 atom stereocenters. The third-order valence-corrected chi connectivity index (χ3v) is 6.27. The van der Waals surface area contributed by atoms with Crippen molar-refractivity contribution in [2.24, 2.45) is 4.99 Å². The first-order chi connectivity index (χ1) is 15.8. The highest BCUT2D eigenvalue weighted by atomic mass is 16.5. The highest BCUT2D eigenvalue weighted by Crippen LogP contribution is 2.32. The molecule has 2 aromatic carbocycles. The lowest BCUT2D eigenvalue weighted by Gasteiger charge is -2.35. The smallest absolute Gasteiger partial charge is 0.191 e. The highest BCUT2D eigenvalue weighted by Gasteiger charge is 2.24. The Hall–Kier alpha value is -2.77. The third-order valence-electron chi connectivity index (χ3n) is 6.27. The Labute approximate surface area is 190 Å². The van der Waals surface area contributed by atoms with Gasteiger partial charge in [-0.05, 0) is 35.7 Å². The zero-order valence-electron chi connectivity index (χ0n) is 19.0. The van der Waals surface area contributed by atoms with Crippen LogP contribution >= 0.6 is 0 Å². The number of nitrogens with zero attached hydrogens (tertiary/aromatic N) is 2. The van der Waals surface area contributed by atoms with Gasteiger partial charge in [0.25, 0.3) is 0 Å². The van der Waals surface area contributed by atoms with E-state index < -0.39 is 0 Å². The van der Waals surface area contributed by atoms with Gasteiger partial charge in [0.1, 0.15) is 11.5 Å². The van der Waals surface area contributed by atoms with Crippen LogP contribution in [0.4, 0.5) is 0 Å². The minimum atomic E-state index is 0.229. The van der Waals surface area contributed by atoms with Crippen molar-refractivity contribution in [1.82, 2.24) is 15.5 Å². The van der Waals surface area contributed by atoms with Crippen molar-refractivity contribution < 1.29 is 14.2 Å². The van der Waals surface area contributed by atoms with E-state index in [4.69, 9.17) is 14.2 Å². The molecular formula is C25H34N4O3. The third kappa shape index (κ3) is 5.53. The molecule has 0 bridgehead atoms. The van der Waals surface area contributed by atoms with Crippen molar-refractivity contribution in [1.29, 1.82) is 0 Å². The van der Waals surface area contributed by atoms with E-state index in [0.717, 1.165) is 69.9 Å². The lowest BCUT2D eigenvalue weighted by atomic mass is 9.93. The van der Waals surface area contributed by atoms with Gasteiger partial charge in [0.05, 0.1) is 33.0 Å². The van der Waals surface area contributed by atoms with Crippen LogP contribution in [0.25, 0.3) is 0 Å². The minimum Gasteiger partial charge on any atom is -0.497 e. The van der Waals surface area contributed by atoms with Gasteiger partial charge in [-0.25, -0.2) is 0 Å². The molecule has 2 N–H and O–H groups in total. The van der Waals surface area contributed by atoms with Crippen LogP contribution in [0, 0.1) is 0 Å². The summed E-state index contributed by atoms with van der Waals surface area (Å²) in [6.07, 6.45) is 1.00. The molecule has 0 radical (unpaired) electrons. The molecule has 2 aliphatic rings. The van der Waals surface area contributed by atoms with E-state index in [0.29, 0.717) is 5.92 Å². The number of guanidine groups is 1. The Balaban J connectivity index is 1.39. The summed E-state index contributed by atoms with van der Waals surface area (Å²) >= 11 is 0. The molecule has 2 heterocycles. The molecule has 7 nitrogen and oxygen atoms in total. The summed E-state index contributed by atoms with van der Waals surface area (Å²) in [5, 5.41) is 7.08. The molecule has 1 fully saturated rings. The van der Waals surface area contributed by atoms with Crippen molar-refractivity contribution in [3.63, 3.8) is 0 Å². The maximum absolute atomic E-state index is 5.80. The first kappa shape index (κ1) is 22.4. The van der Waals surface area contributed by atoms with Crippen LogP contribution in [-0.4, -0.2) is 71.0 Å². The normalized spacial score (nSPS) is 20.1. The maximum Gasteiger partial charge on any atom is 0.191 e. The predicted octanol–water partition coefficient (Wildman–Crippen LogP) is 2.80. The number of para-hydroxylation sites is 1. The van der Waals surface area contributed by atoms with Gasteiger partial charge >= 0.3 is 0 Å². The van der Waals surface area contributed by atoms with Gasteiger partial charge in [0.15, 0.2) is 5.96 Å². The van der Waals surface area contributed by atoms with Gasteiger partial charge in [-0.1, -0.05) is 30.3 Å². The average molecular weight is 439 g/mol.